The Morgan fingerprint density at radius 3 is 2.87 bits per heavy atom. The van der Waals surface area contributed by atoms with E-state index in [0.29, 0.717) is 6.73 Å². The van der Waals surface area contributed by atoms with Crippen LogP contribution in [0.5, 0.6) is 0 Å². The van der Waals surface area contributed by atoms with Gasteiger partial charge in [-0.3, -0.25) is 4.84 Å². The number of benzene rings is 1. The number of hydrogen-bond donors (Lipinski definition) is 2. The molecule has 2 N–H and O–H groups in total. The maximum atomic E-state index is 4.95. The lowest BCUT2D eigenvalue weighted by molar-refractivity contribution is 0.0725. The molecule has 2 rings (SSSR count). The van der Waals surface area contributed by atoms with Crippen LogP contribution in [0, 0.1) is 0 Å². The van der Waals surface area contributed by atoms with Crippen LogP contribution in [-0.2, 0) is 4.84 Å². The summed E-state index contributed by atoms with van der Waals surface area (Å²) < 4.78 is 0. The molecule has 4 heteroatoms. The number of nitrogens with one attached hydrogen (secondary N) is 2. The lowest BCUT2D eigenvalue weighted by Gasteiger charge is -2.06. The van der Waals surface area contributed by atoms with E-state index >= 15 is 0 Å². The van der Waals surface area contributed by atoms with Gasteiger partial charge in [-0.2, -0.15) is 0 Å². The van der Waals surface area contributed by atoms with Crippen LogP contribution in [0.4, 0.5) is 5.82 Å². The second-order valence-electron chi connectivity index (χ2n) is 3.09. The Bertz CT molecular complexity index is 445. The molecule has 0 fully saturated rings. The van der Waals surface area contributed by atoms with Crippen LogP contribution >= 0.6 is 0 Å². The second kappa shape index (κ2) is 4.72. The van der Waals surface area contributed by atoms with Gasteiger partial charge in [0.1, 0.15) is 12.5 Å². The Labute approximate surface area is 88.2 Å². The highest BCUT2D eigenvalue weighted by Gasteiger charge is 1.95. The van der Waals surface area contributed by atoms with Crippen molar-refractivity contribution in [2.75, 3.05) is 19.1 Å². The fourth-order valence-corrected chi connectivity index (χ4v) is 1.36. The van der Waals surface area contributed by atoms with E-state index in [0.717, 1.165) is 11.2 Å². The summed E-state index contributed by atoms with van der Waals surface area (Å²) in [6, 6.07) is 10.1. The Hall–Kier alpha value is -1.65. The zero-order valence-corrected chi connectivity index (χ0v) is 8.53. The third-order valence-corrected chi connectivity index (χ3v) is 2.10. The number of anilines is 1. The minimum Gasteiger partial charge on any atom is -0.346 e. The van der Waals surface area contributed by atoms with E-state index in [2.05, 4.69) is 21.8 Å². The SMILES string of the molecule is CNOCNc1cc2ccccc2cn1. The van der Waals surface area contributed by atoms with Gasteiger partial charge >= 0.3 is 0 Å². The predicted molar refractivity (Wildman–Crippen MR) is 60.4 cm³/mol. The molecule has 2 aromatic rings. The fourth-order valence-electron chi connectivity index (χ4n) is 1.36. The van der Waals surface area contributed by atoms with Crippen LogP contribution in [0.1, 0.15) is 0 Å². The summed E-state index contributed by atoms with van der Waals surface area (Å²) in [6.45, 7) is 0.391. The molecule has 15 heavy (non-hydrogen) atoms. The highest BCUT2D eigenvalue weighted by Crippen LogP contribution is 2.15. The van der Waals surface area contributed by atoms with Gasteiger partial charge in [-0.1, -0.05) is 24.3 Å². The summed E-state index contributed by atoms with van der Waals surface area (Å²) in [5.74, 6) is 0.809. The first-order valence-corrected chi connectivity index (χ1v) is 4.77. The summed E-state index contributed by atoms with van der Waals surface area (Å²) in [5, 5.41) is 5.34. The number of aromatic nitrogens is 1. The van der Waals surface area contributed by atoms with Gasteiger partial charge in [-0.25, -0.2) is 10.5 Å². The zero-order valence-electron chi connectivity index (χ0n) is 8.53. The molecule has 0 atom stereocenters. The molecule has 0 radical (unpaired) electrons. The minimum absolute atomic E-state index is 0.391. The maximum Gasteiger partial charge on any atom is 0.138 e. The molecule has 0 amide bonds. The van der Waals surface area contributed by atoms with Gasteiger partial charge in [-0.05, 0) is 11.5 Å². The number of nitrogens with zero attached hydrogens (tertiary/aromatic N) is 1. The summed E-state index contributed by atoms with van der Waals surface area (Å²) in [4.78, 5) is 9.21. The van der Waals surface area contributed by atoms with Crippen LogP contribution < -0.4 is 10.8 Å². The van der Waals surface area contributed by atoms with E-state index in [4.69, 9.17) is 4.84 Å². The van der Waals surface area contributed by atoms with Gasteiger partial charge in [0.05, 0.1) is 0 Å². The molecule has 0 unspecified atom stereocenters. The molecule has 1 heterocycles. The highest BCUT2D eigenvalue weighted by molar-refractivity contribution is 5.83. The highest BCUT2D eigenvalue weighted by atomic mass is 16.6. The second-order valence-corrected chi connectivity index (χ2v) is 3.09. The molecule has 1 aromatic carbocycles. The Balaban J connectivity index is 2.16. The molecule has 1 aromatic heterocycles. The van der Waals surface area contributed by atoms with Crippen LogP contribution in [0.15, 0.2) is 36.5 Å². The van der Waals surface area contributed by atoms with E-state index in [-0.39, 0.29) is 0 Å². The number of hydrogen-bond acceptors (Lipinski definition) is 4. The summed E-state index contributed by atoms with van der Waals surface area (Å²) in [7, 11) is 1.72. The topological polar surface area (TPSA) is 46.2 Å². The first-order chi connectivity index (χ1) is 7.40. The van der Waals surface area contributed by atoms with Crippen molar-refractivity contribution in [2.24, 2.45) is 0 Å². The van der Waals surface area contributed by atoms with Crippen molar-refractivity contribution >= 4 is 16.6 Å². The van der Waals surface area contributed by atoms with Crippen LogP contribution in [0.2, 0.25) is 0 Å². The number of rotatable bonds is 4. The van der Waals surface area contributed by atoms with Crippen LogP contribution in [-0.4, -0.2) is 18.8 Å². The number of hydroxylamine groups is 1. The first-order valence-electron chi connectivity index (χ1n) is 4.77. The normalized spacial score (nSPS) is 10.5. The predicted octanol–water partition coefficient (Wildman–Crippen LogP) is 1.76. The lowest BCUT2D eigenvalue weighted by Crippen LogP contribution is -2.15. The fraction of sp³-hybridized carbons (Fsp3) is 0.182. The molecule has 0 aliphatic heterocycles. The number of pyridine rings is 1. The van der Waals surface area contributed by atoms with E-state index in [1.165, 1.54) is 5.39 Å². The average Bonchev–Trinajstić information content (AvgIpc) is 2.29. The largest absolute Gasteiger partial charge is 0.346 e. The minimum atomic E-state index is 0.391. The monoisotopic (exact) mass is 203 g/mol. The Morgan fingerprint density at radius 2 is 2.07 bits per heavy atom. The Kier molecular flexibility index (Phi) is 3.11. The molecular weight excluding hydrogens is 190 g/mol. The van der Waals surface area contributed by atoms with Crippen LogP contribution in [0.3, 0.4) is 0 Å². The van der Waals surface area contributed by atoms with Gasteiger partial charge in [0.2, 0.25) is 0 Å². The third-order valence-electron chi connectivity index (χ3n) is 2.10. The lowest BCUT2D eigenvalue weighted by atomic mass is 10.2. The molecule has 0 saturated carbocycles. The van der Waals surface area contributed by atoms with Crippen LogP contribution in [0.25, 0.3) is 10.8 Å². The van der Waals surface area contributed by atoms with Gasteiger partial charge in [0.25, 0.3) is 0 Å². The van der Waals surface area contributed by atoms with Crippen molar-refractivity contribution in [3.05, 3.63) is 36.5 Å². The van der Waals surface area contributed by atoms with Crippen molar-refractivity contribution in [1.29, 1.82) is 0 Å². The molecule has 0 aliphatic carbocycles. The van der Waals surface area contributed by atoms with E-state index in [1.807, 2.05) is 30.5 Å². The van der Waals surface area contributed by atoms with Crippen molar-refractivity contribution in [2.45, 2.75) is 0 Å². The van der Waals surface area contributed by atoms with Crippen molar-refractivity contribution in [3.8, 4) is 0 Å². The maximum absolute atomic E-state index is 4.95. The van der Waals surface area contributed by atoms with Gasteiger partial charge < -0.3 is 5.32 Å². The average molecular weight is 203 g/mol. The van der Waals surface area contributed by atoms with Crippen molar-refractivity contribution < 1.29 is 4.84 Å². The molecule has 0 bridgehead atoms. The van der Waals surface area contributed by atoms with Gasteiger partial charge in [0.15, 0.2) is 0 Å². The van der Waals surface area contributed by atoms with Gasteiger partial charge in [0, 0.05) is 18.6 Å². The molecule has 0 saturated heterocycles. The summed E-state index contributed by atoms with van der Waals surface area (Å²) in [5.41, 5.74) is 2.58. The Morgan fingerprint density at radius 1 is 1.27 bits per heavy atom. The summed E-state index contributed by atoms with van der Waals surface area (Å²) in [6.07, 6.45) is 1.84. The quantitative estimate of drug-likeness (QED) is 0.451. The molecule has 0 spiro atoms. The first kappa shape index (κ1) is 9.89. The molecule has 78 valence electrons. The van der Waals surface area contributed by atoms with E-state index in [9.17, 15) is 0 Å². The van der Waals surface area contributed by atoms with Crippen molar-refractivity contribution in [1.82, 2.24) is 10.5 Å². The molecule has 4 nitrogen and oxygen atoms in total. The molecule has 0 aliphatic rings. The van der Waals surface area contributed by atoms with Gasteiger partial charge in [-0.15, -0.1) is 0 Å². The van der Waals surface area contributed by atoms with Crippen molar-refractivity contribution in [3.63, 3.8) is 0 Å². The summed E-state index contributed by atoms with van der Waals surface area (Å²) >= 11 is 0. The third kappa shape index (κ3) is 2.43. The van der Waals surface area contributed by atoms with E-state index in [1.54, 1.807) is 7.05 Å². The van der Waals surface area contributed by atoms with E-state index < -0.39 is 0 Å². The smallest absolute Gasteiger partial charge is 0.138 e. The standard InChI is InChI=1S/C11H13N3O/c1-12-15-8-14-11-6-9-4-2-3-5-10(9)7-13-11/h2-7,12H,8H2,1H3,(H,13,14). The zero-order chi connectivity index (χ0) is 10.5. The molecular formula is C11H13N3O. The number of fused-ring (bicyclic) bond motifs is 1.